The summed E-state index contributed by atoms with van der Waals surface area (Å²) in [5.41, 5.74) is 1.28. The van der Waals surface area contributed by atoms with Crippen LogP contribution >= 0.6 is 11.8 Å². The number of nitrogens with zero attached hydrogens (tertiary/aromatic N) is 4. The maximum atomic E-state index is 12.5. The Bertz CT molecular complexity index is 1100. The summed E-state index contributed by atoms with van der Waals surface area (Å²) >= 11 is 1.25. The van der Waals surface area contributed by atoms with E-state index in [1.165, 1.54) is 16.4 Å². The van der Waals surface area contributed by atoms with E-state index in [-0.39, 0.29) is 17.3 Å². The second-order valence-corrected chi connectivity index (χ2v) is 6.98. The van der Waals surface area contributed by atoms with Gasteiger partial charge in [-0.3, -0.25) is 4.79 Å². The average molecular weight is 404 g/mol. The largest absolute Gasteiger partial charge is 0.508 e. The van der Waals surface area contributed by atoms with Crippen molar-refractivity contribution in [2.75, 3.05) is 5.75 Å². The predicted octanol–water partition coefficient (Wildman–Crippen LogP) is 4.14. The molecule has 0 bridgehead atoms. The number of hydrogen-bond donors (Lipinski definition) is 1. The van der Waals surface area contributed by atoms with Crippen LogP contribution in [0.5, 0.6) is 17.2 Å². The van der Waals surface area contributed by atoms with Crippen molar-refractivity contribution in [3.05, 3.63) is 84.4 Å². The first kappa shape index (κ1) is 18.7. The molecule has 29 heavy (non-hydrogen) atoms. The number of carbonyl (C=O) groups is 1. The minimum absolute atomic E-state index is 0.0403. The number of ether oxygens (including phenoxy) is 1. The topological polar surface area (TPSA) is 90.1 Å². The van der Waals surface area contributed by atoms with Gasteiger partial charge in [0.15, 0.2) is 5.78 Å². The highest BCUT2D eigenvalue weighted by Crippen LogP contribution is 2.23. The lowest BCUT2D eigenvalue weighted by Crippen LogP contribution is -2.05. The molecule has 0 amide bonds. The second-order valence-electron chi connectivity index (χ2n) is 6.04. The van der Waals surface area contributed by atoms with Gasteiger partial charge in [-0.1, -0.05) is 30.0 Å². The number of para-hydroxylation sites is 1. The zero-order chi connectivity index (χ0) is 20.1. The number of carbonyl (C=O) groups excluding carboxylic acids is 1. The lowest BCUT2D eigenvalue weighted by Gasteiger charge is -2.07. The number of tetrazole rings is 1. The van der Waals surface area contributed by atoms with Crippen LogP contribution < -0.4 is 4.74 Å². The third-order valence-corrected chi connectivity index (χ3v) is 4.94. The van der Waals surface area contributed by atoms with Gasteiger partial charge in [-0.15, -0.1) is 5.10 Å². The number of benzene rings is 3. The predicted molar refractivity (Wildman–Crippen MR) is 109 cm³/mol. The lowest BCUT2D eigenvalue weighted by molar-refractivity contribution is 0.102. The van der Waals surface area contributed by atoms with Gasteiger partial charge in [-0.2, -0.15) is 4.68 Å². The summed E-state index contributed by atoms with van der Waals surface area (Å²) in [6.45, 7) is 0. The zero-order valence-electron chi connectivity index (χ0n) is 15.2. The van der Waals surface area contributed by atoms with E-state index in [1.807, 2.05) is 30.3 Å². The number of ketones is 1. The minimum Gasteiger partial charge on any atom is -0.508 e. The van der Waals surface area contributed by atoms with Crippen molar-refractivity contribution < 1.29 is 14.6 Å². The van der Waals surface area contributed by atoms with Gasteiger partial charge >= 0.3 is 0 Å². The second kappa shape index (κ2) is 8.57. The van der Waals surface area contributed by atoms with Crippen LogP contribution in [-0.2, 0) is 0 Å². The van der Waals surface area contributed by atoms with Gasteiger partial charge in [0.2, 0.25) is 5.16 Å². The van der Waals surface area contributed by atoms with Crippen molar-refractivity contribution in [1.82, 2.24) is 20.2 Å². The van der Waals surface area contributed by atoms with E-state index in [0.717, 1.165) is 5.75 Å². The molecule has 0 aliphatic carbocycles. The normalized spacial score (nSPS) is 10.6. The molecular weight excluding hydrogens is 388 g/mol. The van der Waals surface area contributed by atoms with Gasteiger partial charge in [0.25, 0.3) is 0 Å². The van der Waals surface area contributed by atoms with Crippen LogP contribution in [0.4, 0.5) is 0 Å². The minimum atomic E-state index is -0.0403. The van der Waals surface area contributed by atoms with Crippen molar-refractivity contribution in [3.8, 4) is 22.9 Å². The number of thioether (sulfide) groups is 1. The van der Waals surface area contributed by atoms with Crippen molar-refractivity contribution in [2.45, 2.75) is 5.16 Å². The first-order valence-electron chi connectivity index (χ1n) is 8.76. The van der Waals surface area contributed by atoms with Gasteiger partial charge in [0, 0.05) is 5.56 Å². The Labute approximate surface area is 171 Å². The molecule has 144 valence electrons. The van der Waals surface area contributed by atoms with Crippen molar-refractivity contribution in [3.63, 3.8) is 0 Å². The molecule has 0 unspecified atom stereocenters. The van der Waals surface area contributed by atoms with Gasteiger partial charge in [0.1, 0.15) is 17.2 Å². The highest BCUT2D eigenvalue weighted by molar-refractivity contribution is 7.99. The van der Waals surface area contributed by atoms with Crippen LogP contribution in [0.3, 0.4) is 0 Å². The summed E-state index contributed by atoms with van der Waals surface area (Å²) in [6.07, 6.45) is 0. The molecule has 0 spiro atoms. The Balaban J connectivity index is 1.39. The van der Waals surface area contributed by atoms with E-state index >= 15 is 0 Å². The molecule has 0 aliphatic heterocycles. The van der Waals surface area contributed by atoms with Crippen molar-refractivity contribution in [1.29, 1.82) is 0 Å². The molecule has 4 aromatic rings. The van der Waals surface area contributed by atoms with Crippen LogP contribution in [0.25, 0.3) is 5.69 Å². The molecule has 0 radical (unpaired) electrons. The monoisotopic (exact) mass is 404 g/mol. The van der Waals surface area contributed by atoms with Crippen LogP contribution in [0.15, 0.2) is 84.0 Å². The van der Waals surface area contributed by atoms with Crippen LogP contribution in [-0.4, -0.2) is 36.8 Å². The van der Waals surface area contributed by atoms with E-state index in [1.54, 1.807) is 48.5 Å². The Hall–Kier alpha value is -3.65. The Morgan fingerprint density at radius 3 is 2.34 bits per heavy atom. The smallest absolute Gasteiger partial charge is 0.214 e. The molecule has 8 heteroatoms. The number of hydrogen-bond acceptors (Lipinski definition) is 7. The Morgan fingerprint density at radius 2 is 1.62 bits per heavy atom. The number of phenols is 1. The molecule has 3 aromatic carbocycles. The maximum Gasteiger partial charge on any atom is 0.214 e. The van der Waals surface area contributed by atoms with Gasteiger partial charge in [-0.25, -0.2) is 0 Å². The summed E-state index contributed by atoms with van der Waals surface area (Å²) in [4.78, 5) is 12.5. The Morgan fingerprint density at radius 1 is 0.931 bits per heavy atom. The number of aromatic nitrogens is 4. The molecule has 0 saturated carbocycles. The zero-order valence-corrected chi connectivity index (χ0v) is 16.0. The fourth-order valence-corrected chi connectivity index (χ4v) is 3.36. The SMILES string of the molecule is O=C(CSc1nnnn1-c1ccc(O)cc1)c1ccc(Oc2ccccc2)cc1. The molecule has 7 nitrogen and oxygen atoms in total. The first-order chi connectivity index (χ1) is 14.2. The number of phenolic OH excluding ortho intramolecular Hbond substituents is 1. The number of Topliss-reactive ketones (excluding diaryl/α,β-unsaturated/α-hetero) is 1. The number of rotatable bonds is 7. The molecule has 0 aliphatic rings. The summed E-state index contributed by atoms with van der Waals surface area (Å²) in [5.74, 6) is 1.71. The van der Waals surface area contributed by atoms with Crippen molar-refractivity contribution in [2.24, 2.45) is 0 Å². The van der Waals surface area contributed by atoms with Crippen LogP contribution in [0.1, 0.15) is 10.4 Å². The highest BCUT2D eigenvalue weighted by atomic mass is 32.2. The van der Waals surface area contributed by atoms with Crippen molar-refractivity contribution >= 4 is 17.5 Å². The summed E-state index contributed by atoms with van der Waals surface area (Å²) < 4.78 is 7.26. The quantitative estimate of drug-likeness (QED) is 0.366. The van der Waals surface area contributed by atoms with Crippen LogP contribution in [0.2, 0.25) is 0 Å². The molecule has 4 rings (SSSR count). The van der Waals surface area contributed by atoms with Gasteiger partial charge in [-0.05, 0) is 71.1 Å². The summed E-state index contributed by atoms with van der Waals surface area (Å²) in [5, 5.41) is 21.5. The van der Waals surface area contributed by atoms with Gasteiger partial charge < -0.3 is 9.84 Å². The molecule has 0 fully saturated rings. The van der Waals surface area contributed by atoms with E-state index in [0.29, 0.717) is 22.2 Å². The molecule has 0 saturated heterocycles. The summed E-state index contributed by atoms with van der Waals surface area (Å²) in [6, 6.07) is 23.0. The third kappa shape index (κ3) is 4.61. The summed E-state index contributed by atoms with van der Waals surface area (Å²) in [7, 11) is 0. The number of aromatic hydroxyl groups is 1. The highest BCUT2D eigenvalue weighted by Gasteiger charge is 2.13. The average Bonchev–Trinajstić information content (AvgIpc) is 3.22. The first-order valence-corrected chi connectivity index (χ1v) is 9.74. The Kier molecular flexibility index (Phi) is 5.53. The van der Waals surface area contributed by atoms with E-state index in [9.17, 15) is 9.90 Å². The van der Waals surface area contributed by atoms with E-state index < -0.39 is 0 Å². The fourth-order valence-electron chi connectivity index (χ4n) is 2.57. The molecule has 1 aromatic heterocycles. The standard InChI is InChI=1S/C21H16N4O3S/c26-17-10-8-16(9-11-17)25-21(22-23-24-25)29-14-20(27)15-6-12-19(13-7-15)28-18-4-2-1-3-5-18/h1-13,26H,14H2. The third-order valence-electron chi connectivity index (χ3n) is 4.02. The fraction of sp³-hybridized carbons (Fsp3) is 0.0476. The molecular formula is C21H16N4O3S. The molecule has 1 N–H and O–H groups in total. The van der Waals surface area contributed by atoms with Gasteiger partial charge in [0.05, 0.1) is 11.4 Å². The van der Waals surface area contributed by atoms with E-state index in [4.69, 9.17) is 4.74 Å². The van der Waals surface area contributed by atoms with E-state index in [2.05, 4.69) is 15.5 Å². The van der Waals surface area contributed by atoms with Crippen LogP contribution in [0, 0.1) is 0 Å². The lowest BCUT2D eigenvalue weighted by atomic mass is 10.1. The maximum absolute atomic E-state index is 12.5. The molecule has 1 heterocycles. The molecule has 0 atom stereocenters.